The summed E-state index contributed by atoms with van der Waals surface area (Å²) in [6.45, 7) is 16.4. The minimum atomic E-state index is -3.68. The molecule has 0 saturated heterocycles. The Morgan fingerprint density at radius 1 is 1.18 bits per heavy atom. The Hall–Kier alpha value is -2.64. The van der Waals surface area contributed by atoms with E-state index in [1.54, 1.807) is 20.0 Å². The van der Waals surface area contributed by atoms with Gasteiger partial charge in [0.1, 0.15) is 16.2 Å². The van der Waals surface area contributed by atoms with Gasteiger partial charge in [0.15, 0.2) is 11.5 Å². The number of thiol groups is 1. The van der Waals surface area contributed by atoms with Crippen LogP contribution in [0.1, 0.15) is 95.8 Å². The smallest absolute Gasteiger partial charge is 0.444 e. The molecular formula is C27H41F2N3O6S2. The fraction of sp³-hybridized carbons (Fsp3) is 0.593. The molecule has 1 aliphatic rings. The Morgan fingerprint density at radius 3 is 2.08 bits per heavy atom. The van der Waals surface area contributed by atoms with E-state index in [2.05, 4.69) is 32.4 Å². The predicted octanol–water partition coefficient (Wildman–Crippen LogP) is 6.08. The molecule has 2 heterocycles. The second-order valence-electron chi connectivity index (χ2n) is 11.1. The van der Waals surface area contributed by atoms with Crippen LogP contribution < -0.4 is 20.5 Å². The molecule has 40 heavy (non-hydrogen) atoms. The number of primary amides is 1. The van der Waals surface area contributed by atoms with E-state index in [-0.39, 0.29) is 41.4 Å². The summed E-state index contributed by atoms with van der Waals surface area (Å²) in [5.74, 6) is -0.551. The van der Waals surface area contributed by atoms with Crippen molar-refractivity contribution in [1.29, 1.82) is 0 Å². The topological polar surface area (TPSA) is 133 Å². The molecule has 1 aromatic heterocycles. The number of fused-ring (bicyclic) bond motifs is 1. The Morgan fingerprint density at radius 2 is 1.75 bits per heavy atom. The SMILES string of the molecule is CC(C)(O)c1ncc(S)s1.CC(C)c1cc2c(c(C(C)C)c1CC(N)=O)OC(F)(F)O2.CNC(=O)OC(C)(C)C. The van der Waals surface area contributed by atoms with Crippen LogP contribution in [0.5, 0.6) is 11.5 Å². The molecule has 0 unspecified atom stereocenters. The molecule has 0 aliphatic carbocycles. The number of benzene rings is 1. The molecule has 0 bridgehead atoms. The Bertz CT molecular complexity index is 1170. The van der Waals surface area contributed by atoms with Crippen molar-refractivity contribution in [2.45, 2.75) is 102 Å². The normalized spacial score (nSPS) is 13.7. The summed E-state index contributed by atoms with van der Waals surface area (Å²) in [6.07, 6.45) is -2.43. The summed E-state index contributed by atoms with van der Waals surface area (Å²) in [5.41, 5.74) is 6.08. The van der Waals surface area contributed by atoms with Crippen LogP contribution in [0.3, 0.4) is 0 Å². The number of aliphatic hydroxyl groups is 1. The van der Waals surface area contributed by atoms with Gasteiger partial charge in [-0.25, -0.2) is 9.78 Å². The van der Waals surface area contributed by atoms with Crippen molar-refractivity contribution in [3.63, 3.8) is 0 Å². The number of ether oxygens (including phenoxy) is 3. The van der Waals surface area contributed by atoms with E-state index in [9.17, 15) is 23.5 Å². The zero-order valence-corrected chi connectivity index (χ0v) is 26.4. The summed E-state index contributed by atoms with van der Waals surface area (Å²) >= 11 is 5.48. The standard InChI is InChI=1S/C15H19F2NO3.C6H13NO2.C6H9NOS2/c1-7(2)9-5-11-14(21-15(16,17)20-11)13(8(3)4)10(9)6-12(18)19;1-6(2,3)9-5(8)7-4;1-6(2,8)5-7-3-4(9)10-5/h5,7-8H,6H2,1-4H3,(H2,18,19);1-4H3,(H,7,8);3,8-9H,1-2H3. The molecule has 226 valence electrons. The highest BCUT2D eigenvalue weighted by Crippen LogP contribution is 2.49. The first kappa shape index (κ1) is 35.4. The quantitative estimate of drug-likeness (QED) is 0.304. The van der Waals surface area contributed by atoms with Crippen molar-refractivity contribution in [2.24, 2.45) is 5.73 Å². The third-order valence-corrected chi connectivity index (χ3v) is 6.55. The fourth-order valence-electron chi connectivity index (χ4n) is 3.54. The lowest BCUT2D eigenvalue weighted by molar-refractivity contribution is -0.287. The van der Waals surface area contributed by atoms with Crippen LogP contribution in [0, 0.1) is 0 Å². The molecule has 0 saturated carbocycles. The van der Waals surface area contributed by atoms with Crippen molar-refractivity contribution in [2.75, 3.05) is 7.05 Å². The Kier molecular flexibility index (Phi) is 12.2. The number of nitrogens with zero attached hydrogens (tertiary/aromatic N) is 1. The molecule has 9 nitrogen and oxygen atoms in total. The first-order chi connectivity index (χ1) is 18.1. The summed E-state index contributed by atoms with van der Waals surface area (Å²) in [5, 5.41) is 12.5. The molecule has 13 heteroatoms. The van der Waals surface area contributed by atoms with Gasteiger partial charge in [0.05, 0.1) is 16.8 Å². The van der Waals surface area contributed by atoms with Crippen molar-refractivity contribution in [3.8, 4) is 11.5 Å². The zero-order chi connectivity index (χ0) is 31.2. The van der Waals surface area contributed by atoms with Crippen molar-refractivity contribution in [1.82, 2.24) is 10.3 Å². The van der Waals surface area contributed by atoms with Gasteiger partial charge in [0.25, 0.3) is 0 Å². The summed E-state index contributed by atoms with van der Waals surface area (Å²) < 4.78 is 41.6. The second kappa shape index (κ2) is 13.8. The van der Waals surface area contributed by atoms with Gasteiger partial charge in [0.2, 0.25) is 5.91 Å². The van der Waals surface area contributed by atoms with E-state index >= 15 is 0 Å². The lowest BCUT2D eigenvalue weighted by atomic mass is 9.86. The van der Waals surface area contributed by atoms with Crippen LogP contribution in [0.2, 0.25) is 0 Å². The van der Waals surface area contributed by atoms with Gasteiger partial charge in [-0.1, -0.05) is 27.7 Å². The number of carbonyl (C=O) groups excluding carboxylic acids is 2. The first-order valence-electron chi connectivity index (χ1n) is 12.6. The molecule has 1 aromatic carbocycles. The predicted molar refractivity (Wildman–Crippen MR) is 154 cm³/mol. The number of aromatic nitrogens is 1. The average Bonchev–Trinajstić information content (AvgIpc) is 3.33. The van der Waals surface area contributed by atoms with Gasteiger partial charge >= 0.3 is 12.4 Å². The highest BCUT2D eigenvalue weighted by Gasteiger charge is 2.46. The molecule has 0 fully saturated rings. The molecule has 4 N–H and O–H groups in total. The van der Waals surface area contributed by atoms with Crippen LogP contribution >= 0.6 is 24.0 Å². The van der Waals surface area contributed by atoms with Gasteiger partial charge in [-0.15, -0.1) is 32.7 Å². The van der Waals surface area contributed by atoms with E-state index < -0.39 is 17.8 Å². The number of nitrogens with two attached hydrogens (primary N) is 1. The highest BCUT2D eigenvalue weighted by molar-refractivity contribution is 7.82. The molecular weight excluding hydrogens is 564 g/mol. The number of halogens is 2. The van der Waals surface area contributed by atoms with Crippen LogP contribution in [-0.2, 0) is 21.6 Å². The zero-order valence-electron chi connectivity index (χ0n) is 24.6. The van der Waals surface area contributed by atoms with E-state index in [0.29, 0.717) is 16.1 Å². The maximum atomic E-state index is 13.4. The van der Waals surface area contributed by atoms with Crippen molar-refractivity contribution >= 4 is 36.0 Å². The molecule has 2 aromatic rings. The van der Waals surface area contributed by atoms with E-state index in [0.717, 1.165) is 9.77 Å². The van der Waals surface area contributed by atoms with Gasteiger partial charge in [-0.3, -0.25) is 4.79 Å². The van der Waals surface area contributed by atoms with E-state index in [1.807, 2.05) is 48.5 Å². The fourth-order valence-corrected chi connectivity index (χ4v) is 4.52. The Labute approximate surface area is 244 Å². The van der Waals surface area contributed by atoms with Gasteiger partial charge < -0.3 is 30.4 Å². The number of rotatable bonds is 5. The van der Waals surface area contributed by atoms with Crippen LogP contribution in [-0.4, -0.2) is 41.0 Å². The number of hydrogen-bond acceptors (Lipinski definition) is 9. The maximum absolute atomic E-state index is 13.4. The third kappa shape index (κ3) is 11.1. The van der Waals surface area contributed by atoms with Gasteiger partial charge in [-0.2, -0.15) is 0 Å². The molecule has 0 spiro atoms. The van der Waals surface area contributed by atoms with Crippen LogP contribution in [0.15, 0.2) is 16.5 Å². The van der Waals surface area contributed by atoms with Crippen LogP contribution in [0.25, 0.3) is 0 Å². The number of nitrogens with one attached hydrogen (secondary N) is 1. The summed E-state index contributed by atoms with van der Waals surface area (Å²) in [4.78, 5) is 25.8. The number of alkyl halides is 2. The molecule has 1 aliphatic heterocycles. The number of hydrogen-bond donors (Lipinski definition) is 4. The first-order valence-corrected chi connectivity index (χ1v) is 13.9. The average molecular weight is 606 g/mol. The minimum absolute atomic E-state index is 0.00986. The maximum Gasteiger partial charge on any atom is 0.586 e. The van der Waals surface area contributed by atoms with Crippen molar-refractivity contribution < 1.29 is 37.7 Å². The molecule has 0 atom stereocenters. The third-order valence-electron chi connectivity index (χ3n) is 5.05. The number of thiazole rings is 1. The largest absolute Gasteiger partial charge is 0.586 e. The lowest BCUT2D eigenvalue weighted by Gasteiger charge is -2.20. The number of alkyl carbamates (subject to hydrolysis) is 1. The molecule has 2 amide bonds. The minimum Gasteiger partial charge on any atom is -0.444 e. The lowest BCUT2D eigenvalue weighted by Crippen LogP contribution is -2.30. The summed E-state index contributed by atoms with van der Waals surface area (Å²) in [7, 11) is 1.54. The van der Waals surface area contributed by atoms with Crippen LogP contribution in [0.4, 0.5) is 13.6 Å². The highest BCUT2D eigenvalue weighted by atomic mass is 32.2. The van der Waals surface area contributed by atoms with Gasteiger partial charge in [-0.05, 0) is 63.6 Å². The van der Waals surface area contributed by atoms with Gasteiger partial charge in [0, 0.05) is 12.6 Å². The molecule has 3 rings (SSSR count). The van der Waals surface area contributed by atoms with E-state index in [4.69, 9.17) is 10.5 Å². The second-order valence-corrected chi connectivity index (χ2v) is 12.9. The van der Waals surface area contributed by atoms with Crippen molar-refractivity contribution in [3.05, 3.63) is 34.0 Å². The van der Waals surface area contributed by atoms with E-state index in [1.165, 1.54) is 24.5 Å². The Balaban J connectivity index is 0.000000350. The summed E-state index contributed by atoms with van der Waals surface area (Å²) in [6, 6.07) is 1.52. The molecule has 0 radical (unpaired) electrons. The number of amides is 2. The monoisotopic (exact) mass is 605 g/mol. The number of carbonyl (C=O) groups is 2.